The lowest BCUT2D eigenvalue weighted by Gasteiger charge is -2.59. The third-order valence-corrected chi connectivity index (χ3v) is 8.80. The molecule has 0 N–H and O–H groups in total. The fourth-order valence-corrected chi connectivity index (χ4v) is 7.64. The third kappa shape index (κ3) is 2.20. The van der Waals surface area contributed by atoms with Crippen molar-refractivity contribution in [1.29, 1.82) is 0 Å². The number of allylic oxidation sites excluding steroid dienone is 2. The van der Waals surface area contributed by atoms with Crippen LogP contribution in [0.25, 0.3) is 0 Å². The Hall–Kier alpha value is -1.32. The second kappa shape index (κ2) is 5.84. The minimum atomic E-state index is -0.00794. The van der Waals surface area contributed by atoms with E-state index in [4.69, 9.17) is 4.74 Å². The summed E-state index contributed by atoms with van der Waals surface area (Å²) in [5, 5.41) is 0. The number of ether oxygens (including phenoxy) is 1. The molecule has 4 heteroatoms. The van der Waals surface area contributed by atoms with Gasteiger partial charge in [0.15, 0.2) is 0 Å². The maximum atomic E-state index is 12.4. The quantitative estimate of drug-likeness (QED) is 0.661. The Morgan fingerprint density at radius 1 is 1.15 bits per heavy atom. The van der Waals surface area contributed by atoms with Crippen LogP contribution >= 0.6 is 0 Å². The molecule has 1 aliphatic heterocycles. The van der Waals surface area contributed by atoms with Gasteiger partial charge in [-0.25, -0.2) is 0 Å². The Kier molecular flexibility index (Phi) is 4.06. The molecule has 4 aliphatic rings. The Labute approximate surface area is 157 Å². The number of carbonyl (C=O) groups excluding carboxylic acids is 2. The lowest BCUT2D eigenvalue weighted by molar-refractivity contribution is -0.153. The molecular weight excluding hydrogens is 326 g/mol. The van der Waals surface area contributed by atoms with Crippen LogP contribution in [-0.2, 0) is 14.3 Å². The van der Waals surface area contributed by atoms with Crippen LogP contribution < -0.4 is 0 Å². The number of likely N-dealkylation sites (tertiary alicyclic amines) is 1. The van der Waals surface area contributed by atoms with E-state index in [1.165, 1.54) is 24.8 Å². The predicted molar refractivity (Wildman–Crippen MR) is 100.0 cm³/mol. The Morgan fingerprint density at radius 3 is 2.58 bits per heavy atom. The average Bonchev–Trinajstić information content (AvgIpc) is 2.95. The van der Waals surface area contributed by atoms with E-state index in [9.17, 15) is 9.59 Å². The second-order valence-electron chi connectivity index (χ2n) is 9.78. The Morgan fingerprint density at radius 2 is 1.88 bits per heavy atom. The normalized spacial score (nSPS) is 45.1. The summed E-state index contributed by atoms with van der Waals surface area (Å²) < 4.78 is 5.14. The summed E-state index contributed by atoms with van der Waals surface area (Å²) in [7, 11) is 3.50. The highest BCUT2D eigenvalue weighted by Crippen LogP contribution is 2.66. The van der Waals surface area contributed by atoms with E-state index in [0.717, 1.165) is 32.1 Å². The zero-order chi connectivity index (χ0) is 18.9. The van der Waals surface area contributed by atoms with Gasteiger partial charge in [-0.1, -0.05) is 19.4 Å². The lowest BCUT2D eigenvalue weighted by Crippen LogP contribution is -2.54. The van der Waals surface area contributed by atoms with Gasteiger partial charge in [0.2, 0.25) is 5.91 Å². The molecule has 0 bridgehead atoms. The number of hydrogen-bond donors (Lipinski definition) is 0. The summed E-state index contributed by atoms with van der Waals surface area (Å²) in [6.45, 7) is 6.98. The number of nitrogens with zero attached hydrogens (tertiary/aromatic N) is 1. The van der Waals surface area contributed by atoms with Gasteiger partial charge in [0.25, 0.3) is 0 Å². The Bertz CT molecular complexity index is 683. The molecule has 6 atom stereocenters. The van der Waals surface area contributed by atoms with Gasteiger partial charge in [-0.3, -0.25) is 9.59 Å². The third-order valence-electron chi connectivity index (χ3n) is 8.80. The summed E-state index contributed by atoms with van der Waals surface area (Å²) in [6, 6.07) is 0. The van der Waals surface area contributed by atoms with Crippen molar-refractivity contribution in [3.63, 3.8) is 0 Å². The van der Waals surface area contributed by atoms with Gasteiger partial charge in [-0.2, -0.15) is 0 Å². The summed E-state index contributed by atoms with van der Waals surface area (Å²) in [4.78, 5) is 26.7. The maximum absolute atomic E-state index is 12.4. The molecule has 0 radical (unpaired) electrons. The van der Waals surface area contributed by atoms with Crippen molar-refractivity contribution in [3.8, 4) is 0 Å². The van der Waals surface area contributed by atoms with E-state index in [1.807, 2.05) is 11.9 Å². The first-order chi connectivity index (χ1) is 12.2. The van der Waals surface area contributed by atoms with Crippen molar-refractivity contribution < 1.29 is 14.3 Å². The van der Waals surface area contributed by atoms with Crippen LogP contribution in [0.5, 0.6) is 0 Å². The second-order valence-corrected chi connectivity index (χ2v) is 9.78. The largest absolute Gasteiger partial charge is 0.469 e. The van der Waals surface area contributed by atoms with E-state index in [2.05, 4.69) is 20.8 Å². The Balaban J connectivity index is 1.72. The summed E-state index contributed by atoms with van der Waals surface area (Å²) in [5.74, 6) is 2.19. The molecule has 4 rings (SSSR count). The molecule has 1 amide bonds. The monoisotopic (exact) mass is 359 g/mol. The van der Waals surface area contributed by atoms with Crippen LogP contribution in [0.2, 0.25) is 0 Å². The average molecular weight is 360 g/mol. The smallest absolute Gasteiger partial charge is 0.309 e. The highest BCUT2D eigenvalue weighted by molar-refractivity contribution is 5.80. The fraction of sp³-hybridized carbons (Fsp3) is 0.818. The minimum Gasteiger partial charge on any atom is -0.469 e. The first-order valence-corrected chi connectivity index (χ1v) is 10.3. The molecule has 2 saturated carbocycles. The van der Waals surface area contributed by atoms with E-state index in [1.54, 1.807) is 0 Å². The van der Waals surface area contributed by atoms with Crippen LogP contribution in [0.15, 0.2) is 11.3 Å². The fourth-order valence-electron chi connectivity index (χ4n) is 7.64. The van der Waals surface area contributed by atoms with Crippen LogP contribution in [0.4, 0.5) is 0 Å². The number of esters is 1. The van der Waals surface area contributed by atoms with Crippen molar-refractivity contribution in [3.05, 3.63) is 11.3 Å². The molecule has 0 spiro atoms. The van der Waals surface area contributed by atoms with Gasteiger partial charge in [-0.05, 0) is 68.6 Å². The van der Waals surface area contributed by atoms with Crippen molar-refractivity contribution in [2.75, 3.05) is 14.2 Å². The van der Waals surface area contributed by atoms with Crippen LogP contribution in [0, 0.1) is 34.5 Å². The summed E-state index contributed by atoms with van der Waals surface area (Å²) in [5.41, 5.74) is 2.90. The van der Waals surface area contributed by atoms with E-state index in [0.29, 0.717) is 24.2 Å². The van der Waals surface area contributed by atoms with Gasteiger partial charge >= 0.3 is 5.97 Å². The lowest BCUT2D eigenvalue weighted by atomic mass is 9.48. The van der Waals surface area contributed by atoms with Gasteiger partial charge in [-0.15, -0.1) is 0 Å². The number of hydrogen-bond acceptors (Lipinski definition) is 3. The molecule has 3 fully saturated rings. The molecular formula is C22H33NO3. The predicted octanol–water partition coefficient (Wildman–Crippen LogP) is 4.15. The molecule has 26 heavy (non-hydrogen) atoms. The van der Waals surface area contributed by atoms with Crippen LogP contribution in [-0.4, -0.2) is 30.9 Å². The number of fused-ring (bicyclic) bond motifs is 5. The standard InChI is InChI=1S/C22H33NO3/c1-13-12-14-15-6-7-17(20(25)26-5)21(15,2)10-8-16(14)22(3)11-9-18(24)23(4)19(13)22/h14-17H,6-12H2,1-5H3/t14-,15-,16+,17?,21-,22+/m0/s1. The molecule has 0 aromatic rings. The van der Waals surface area contributed by atoms with Crippen molar-refractivity contribution in [1.82, 2.24) is 4.90 Å². The zero-order valence-corrected chi connectivity index (χ0v) is 16.9. The van der Waals surface area contributed by atoms with Gasteiger partial charge < -0.3 is 9.64 Å². The first kappa shape index (κ1) is 18.1. The minimum absolute atomic E-state index is 0.00794. The SMILES string of the molecule is COC(=O)C1CC[C@H]2[C@@H]3CC(C)=C4N(C)C(=O)CC[C@]4(C)[C@@H]3CC[C@]12C. The number of rotatable bonds is 1. The molecule has 144 valence electrons. The number of piperidine rings is 1. The van der Waals surface area contributed by atoms with Gasteiger partial charge in [0.1, 0.15) is 0 Å². The zero-order valence-electron chi connectivity index (χ0n) is 16.9. The van der Waals surface area contributed by atoms with Crippen LogP contribution in [0.3, 0.4) is 0 Å². The highest BCUT2D eigenvalue weighted by atomic mass is 16.5. The van der Waals surface area contributed by atoms with E-state index >= 15 is 0 Å². The molecule has 4 nitrogen and oxygen atoms in total. The molecule has 0 aromatic carbocycles. The maximum Gasteiger partial charge on any atom is 0.309 e. The molecule has 3 aliphatic carbocycles. The van der Waals surface area contributed by atoms with Crippen molar-refractivity contribution in [2.45, 2.75) is 65.7 Å². The van der Waals surface area contributed by atoms with E-state index in [-0.39, 0.29) is 28.6 Å². The summed E-state index contributed by atoms with van der Waals surface area (Å²) in [6.07, 6.45) is 7.13. The molecule has 1 saturated heterocycles. The van der Waals surface area contributed by atoms with Crippen LogP contribution in [0.1, 0.15) is 65.7 Å². The number of amides is 1. The van der Waals surface area contributed by atoms with Crippen molar-refractivity contribution in [2.24, 2.45) is 34.5 Å². The number of methoxy groups -OCH3 is 1. The molecule has 0 aromatic heterocycles. The van der Waals surface area contributed by atoms with Gasteiger partial charge in [0, 0.05) is 24.6 Å². The van der Waals surface area contributed by atoms with Crippen molar-refractivity contribution >= 4 is 11.9 Å². The topological polar surface area (TPSA) is 46.6 Å². The van der Waals surface area contributed by atoms with E-state index < -0.39 is 0 Å². The number of carbonyl (C=O) groups is 2. The highest BCUT2D eigenvalue weighted by Gasteiger charge is 2.61. The summed E-state index contributed by atoms with van der Waals surface area (Å²) >= 11 is 0. The molecule has 1 unspecified atom stereocenters. The molecule has 1 heterocycles. The first-order valence-electron chi connectivity index (χ1n) is 10.3. The van der Waals surface area contributed by atoms with Gasteiger partial charge in [0.05, 0.1) is 13.0 Å².